The monoisotopic (exact) mass is 231 g/mol. The minimum Gasteiger partial charge on any atom is -0.302 e. The van der Waals surface area contributed by atoms with Crippen LogP contribution in [-0.2, 0) is 6.54 Å². The van der Waals surface area contributed by atoms with Crippen LogP contribution in [0.15, 0.2) is 42.5 Å². The Bertz CT molecular complexity index is 549. The maximum absolute atomic E-state index is 13.1. The van der Waals surface area contributed by atoms with E-state index in [1.807, 2.05) is 0 Å². The second-order valence-electron chi connectivity index (χ2n) is 4.21. The predicted octanol–water partition coefficient (Wildman–Crippen LogP) is 3.16. The van der Waals surface area contributed by atoms with E-state index in [0.717, 1.165) is 16.7 Å². The Morgan fingerprint density at radius 1 is 0.941 bits per heavy atom. The first kappa shape index (κ1) is 10.4. The van der Waals surface area contributed by atoms with Crippen LogP contribution in [0.4, 0.5) is 8.78 Å². The second kappa shape index (κ2) is 3.93. The van der Waals surface area contributed by atoms with Crippen molar-refractivity contribution in [3.05, 3.63) is 70.8 Å². The highest BCUT2D eigenvalue weighted by molar-refractivity contribution is 5.41. The third-order valence-electron chi connectivity index (χ3n) is 3.12. The maximum Gasteiger partial charge on any atom is 0.123 e. The summed E-state index contributed by atoms with van der Waals surface area (Å²) in [5, 5.41) is 3.30. The summed E-state index contributed by atoms with van der Waals surface area (Å²) in [7, 11) is 0. The summed E-state index contributed by atoms with van der Waals surface area (Å²) in [5.41, 5.74) is 3.04. The predicted molar refractivity (Wildman–Crippen MR) is 61.5 cm³/mol. The fourth-order valence-corrected chi connectivity index (χ4v) is 2.28. The molecule has 0 bridgehead atoms. The fraction of sp³-hybridized carbons (Fsp3) is 0.143. The molecular formula is C14H11F2N. The quantitative estimate of drug-likeness (QED) is 0.795. The Balaban J connectivity index is 2.01. The van der Waals surface area contributed by atoms with E-state index >= 15 is 0 Å². The van der Waals surface area contributed by atoms with Crippen LogP contribution in [0.2, 0.25) is 0 Å². The lowest BCUT2D eigenvalue weighted by Crippen LogP contribution is -2.13. The molecule has 0 saturated heterocycles. The molecule has 1 heterocycles. The normalized spacial score (nSPS) is 18.1. The summed E-state index contributed by atoms with van der Waals surface area (Å²) in [4.78, 5) is 0. The lowest BCUT2D eigenvalue weighted by molar-refractivity contribution is 0.622. The third kappa shape index (κ3) is 1.83. The Labute approximate surface area is 98.1 Å². The van der Waals surface area contributed by atoms with Crippen molar-refractivity contribution in [2.24, 2.45) is 0 Å². The van der Waals surface area contributed by atoms with Gasteiger partial charge in [0, 0.05) is 6.54 Å². The number of nitrogens with one attached hydrogen (secondary N) is 1. The van der Waals surface area contributed by atoms with E-state index in [0.29, 0.717) is 6.54 Å². The van der Waals surface area contributed by atoms with Crippen molar-refractivity contribution >= 4 is 0 Å². The van der Waals surface area contributed by atoms with Crippen LogP contribution < -0.4 is 5.32 Å². The van der Waals surface area contributed by atoms with Gasteiger partial charge in [-0.15, -0.1) is 0 Å². The van der Waals surface area contributed by atoms with Gasteiger partial charge in [0.2, 0.25) is 0 Å². The van der Waals surface area contributed by atoms with Crippen LogP contribution in [0.25, 0.3) is 0 Å². The maximum atomic E-state index is 13.1. The van der Waals surface area contributed by atoms with E-state index in [-0.39, 0.29) is 17.7 Å². The van der Waals surface area contributed by atoms with Gasteiger partial charge in [0.05, 0.1) is 6.04 Å². The van der Waals surface area contributed by atoms with Gasteiger partial charge < -0.3 is 5.32 Å². The minimum atomic E-state index is -0.244. The number of halogens is 2. The van der Waals surface area contributed by atoms with Gasteiger partial charge in [-0.3, -0.25) is 0 Å². The van der Waals surface area contributed by atoms with Gasteiger partial charge in [-0.1, -0.05) is 18.2 Å². The Morgan fingerprint density at radius 3 is 2.41 bits per heavy atom. The first-order valence-corrected chi connectivity index (χ1v) is 5.51. The molecule has 0 aliphatic carbocycles. The molecule has 0 amide bonds. The molecule has 17 heavy (non-hydrogen) atoms. The third-order valence-corrected chi connectivity index (χ3v) is 3.12. The highest BCUT2D eigenvalue weighted by Gasteiger charge is 2.23. The molecule has 2 aromatic rings. The van der Waals surface area contributed by atoms with Crippen molar-refractivity contribution < 1.29 is 8.78 Å². The number of benzene rings is 2. The molecule has 3 rings (SSSR count). The molecular weight excluding hydrogens is 220 g/mol. The average molecular weight is 231 g/mol. The standard InChI is InChI=1S/C14H11F2N/c15-11-3-1-9(2-4-11)14-13-6-5-12(16)7-10(13)8-17-14/h1-7,14,17H,8H2. The van der Waals surface area contributed by atoms with Gasteiger partial charge in [-0.05, 0) is 41.0 Å². The molecule has 0 aromatic heterocycles. The zero-order valence-electron chi connectivity index (χ0n) is 9.08. The molecule has 1 aliphatic rings. The Hall–Kier alpha value is -1.74. The van der Waals surface area contributed by atoms with E-state index in [9.17, 15) is 8.78 Å². The minimum absolute atomic E-state index is 0.0335. The van der Waals surface area contributed by atoms with Crippen LogP contribution in [0.5, 0.6) is 0 Å². The van der Waals surface area contributed by atoms with E-state index in [1.165, 1.54) is 18.2 Å². The fourth-order valence-electron chi connectivity index (χ4n) is 2.28. The summed E-state index contributed by atoms with van der Waals surface area (Å²) < 4.78 is 25.9. The van der Waals surface area contributed by atoms with E-state index in [1.54, 1.807) is 24.3 Å². The SMILES string of the molecule is Fc1ccc(C2NCc3cc(F)ccc32)cc1. The molecule has 2 aromatic carbocycles. The highest BCUT2D eigenvalue weighted by Crippen LogP contribution is 2.31. The van der Waals surface area contributed by atoms with Crippen molar-refractivity contribution in [2.45, 2.75) is 12.6 Å². The summed E-state index contributed by atoms with van der Waals surface area (Å²) in [6, 6.07) is 11.2. The highest BCUT2D eigenvalue weighted by atomic mass is 19.1. The second-order valence-corrected chi connectivity index (χ2v) is 4.21. The molecule has 0 fully saturated rings. The van der Waals surface area contributed by atoms with Gasteiger partial charge in [-0.25, -0.2) is 8.78 Å². The first-order valence-electron chi connectivity index (χ1n) is 5.51. The first-order chi connectivity index (χ1) is 8.24. The van der Waals surface area contributed by atoms with Gasteiger partial charge >= 0.3 is 0 Å². The van der Waals surface area contributed by atoms with Crippen LogP contribution in [0, 0.1) is 11.6 Å². The summed E-state index contributed by atoms with van der Waals surface area (Å²) in [6.07, 6.45) is 0. The van der Waals surface area contributed by atoms with Crippen molar-refractivity contribution in [2.75, 3.05) is 0 Å². The Kier molecular flexibility index (Phi) is 2.41. The lowest BCUT2D eigenvalue weighted by atomic mass is 9.98. The van der Waals surface area contributed by atoms with E-state index in [2.05, 4.69) is 5.32 Å². The number of fused-ring (bicyclic) bond motifs is 1. The van der Waals surface area contributed by atoms with Crippen LogP contribution in [0.1, 0.15) is 22.7 Å². The molecule has 1 unspecified atom stereocenters. The van der Waals surface area contributed by atoms with Crippen molar-refractivity contribution in [3.63, 3.8) is 0 Å². The molecule has 3 heteroatoms. The van der Waals surface area contributed by atoms with Crippen LogP contribution in [-0.4, -0.2) is 0 Å². The summed E-state index contributed by atoms with van der Waals surface area (Å²) in [6.45, 7) is 0.648. The summed E-state index contributed by atoms with van der Waals surface area (Å²) >= 11 is 0. The van der Waals surface area contributed by atoms with Gasteiger partial charge in [0.25, 0.3) is 0 Å². The van der Waals surface area contributed by atoms with Crippen molar-refractivity contribution in [1.29, 1.82) is 0 Å². The van der Waals surface area contributed by atoms with Crippen LogP contribution >= 0.6 is 0 Å². The zero-order valence-corrected chi connectivity index (χ0v) is 9.08. The molecule has 86 valence electrons. The van der Waals surface area contributed by atoms with Crippen LogP contribution in [0.3, 0.4) is 0 Å². The molecule has 0 radical (unpaired) electrons. The molecule has 1 atom stereocenters. The molecule has 1 N–H and O–H groups in total. The molecule has 0 spiro atoms. The molecule has 1 nitrogen and oxygen atoms in total. The molecule has 0 saturated carbocycles. The molecule has 1 aliphatic heterocycles. The van der Waals surface area contributed by atoms with Gasteiger partial charge in [-0.2, -0.15) is 0 Å². The van der Waals surface area contributed by atoms with Gasteiger partial charge in [0.15, 0.2) is 0 Å². The number of rotatable bonds is 1. The largest absolute Gasteiger partial charge is 0.302 e. The topological polar surface area (TPSA) is 12.0 Å². The number of hydrogen-bond donors (Lipinski definition) is 1. The lowest BCUT2D eigenvalue weighted by Gasteiger charge is -2.12. The number of hydrogen-bond acceptors (Lipinski definition) is 1. The van der Waals surface area contributed by atoms with E-state index < -0.39 is 0 Å². The average Bonchev–Trinajstić information content (AvgIpc) is 2.73. The smallest absolute Gasteiger partial charge is 0.123 e. The summed E-state index contributed by atoms with van der Waals surface area (Å²) in [5.74, 6) is -0.462. The zero-order chi connectivity index (χ0) is 11.8. The van der Waals surface area contributed by atoms with E-state index in [4.69, 9.17) is 0 Å². The Morgan fingerprint density at radius 2 is 1.65 bits per heavy atom. The van der Waals surface area contributed by atoms with Crippen molar-refractivity contribution in [3.8, 4) is 0 Å². The van der Waals surface area contributed by atoms with Crippen molar-refractivity contribution in [1.82, 2.24) is 5.32 Å². The van der Waals surface area contributed by atoms with Gasteiger partial charge in [0.1, 0.15) is 11.6 Å².